The minimum absolute atomic E-state index is 0.0240. The molecule has 7 fully saturated rings. The highest BCUT2D eigenvalue weighted by Gasteiger charge is 2.70. The lowest BCUT2D eigenvalue weighted by Crippen LogP contribution is -2.68. The van der Waals surface area contributed by atoms with Gasteiger partial charge < -0.3 is 89.0 Å². The Hall–Kier alpha value is -1.96. The Bertz CT molecular complexity index is 1960. The van der Waals surface area contributed by atoms with Gasteiger partial charge in [0, 0.05) is 10.8 Å². The summed E-state index contributed by atoms with van der Waals surface area (Å²) in [7, 11) is 2.48. The van der Waals surface area contributed by atoms with E-state index in [1.54, 1.807) is 0 Å². The zero-order valence-corrected chi connectivity index (χ0v) is 42.0. The Morgan fingerprint density at radius 2 is 1.30 bits per heavy atom. The van der Waals surface area contributed by atoms with Gasteiger partial charge in [-0.3, -0.25) is 4.79 Å². The van der Waals surface area contributed by atoms with Gasteiger partial charge in [0.2, 0.25) is 0 Å². The van der Waals surface area contributed by atoms with Gasteiger partial charge in [-0.05, 0) is 106 Å². The molecule has 20 heteroatoms. The number of esters is 2. The van der Waals surface area contributed by atoms with Crippen LogP contribution >= 0.6 is 0 Å². The zero-order chi connectivity index (χ0) is 51.4. The van der Waals surface area contributed by atoms with E-state index in [-0.39, 0.29) is 46.6 Å². The van der Waals surface area contributed by atoms with E-state index in [0.717, 1.165) is 32.8 Å². The summed E-state index contributed by atoms with van der Waals surface area (Å²) in [6, 6.07) is 0. The predicted molar refractivity (Wildman–Crippen MR) is 241 cm³/mol. The summed E-state index contributed by atoms with van der Waals surface area (Å²) >= 11 is 0. The smallest absolute Gasteiger partial charge is 0.337 e. The predicted octanol–water partition coefficient (Wildman–Crippen LogP) is -0.0539. The summed E-state index contributed by atoms with van der Waals surface area (Å²) < 4.78 is 46.9. The van der Waals surface area contributed by atoms with E-state index in [1.165, 1.54) is 19.6 Å². The summed E-state index contributed by atoms with van der Waals surface area (Å²) in [5, 5.41) is 111. The maximum absolute atomic E-state index is 13.2. The quantitative estimate of drug-likeness (QED) is 0.0779. The van der Waals surface area contributed by atoms with Gasteiger partial charge in [0.1, 0.15) is 61.0 Å². The molecule has 0 aromatic rings. The van der Waals surface area contributed by atoms with Crippen molar-refractivity contribution in [1.82, 2.24) is 0 Å². The number of rotatable bonds is 10. The third-order valence-corrected chi connectivity index (χ3v) is 20.2. The average molecular weight is 1000 g/mol. The number of fused-ring (bicyclic) bond motifs is 7. The molecule has 4 saturated carbocycles. The molecule has 8 rings (SSSR count). The van der Waals surface area contributed by atoms with Crippen LogP contribution < -0.4 is 0 Å². The van der Waals surface area contributed by atoms with Crippen LogP contribution in [0.1, 0.15) is 106 Å². The lowest BCUT2D eigenvalue weighted by molar-refractivity contribution is -0.396. The molecule has 0 radical (unpaired) electrons. The first-order valence-corrected chi connectivity index (χ1v) is 25.2. The van der Waals surface area contributed by atoms with Crippen molar-refractivity contribution in [2.45, 2.75) is 211 Å². The van der Waals surface area contributed by atoms with E-state index in [4.69, 9.17) is 37.9 Å². The van der Waals surface area contributed by atoms with Crippen molar-refractivity contribution in [2.24, 2.45) is 50.2 Å². The maximum Gasteiger partial charge on any atom is 0.337 e. The Balaban J connectivity index is 1.09. The van der Waals surface area contributed by atoms with Crippen LogP contribution in [0.3, 0.4) is 0 Å². The summed E-state index contributed by atoms with van der Waals surface area (Å²) in [6.07, 6.45) is -19.0. The van der Waals surface area contributed by atoms with Crippen LogP contribution in [0.15, 0.2) is 11.6 Å². The van der Waals surface area contributed by atoms with E-state index >= 15 is 0 Å². The second kappa shape index (κ2) is 19.3. The SMILES string of the molecule is COC(=O)[C@H]1O[C@@H](O[C@H]2CC[C@@]3(C)C(CC[C@]4(C)[C@@H]3CC=C3[C@@H]5C[C@](C)(C(=O)OC)C[C@@H](O)[C@]5(C)CC[C@]34C)[C@@]2(C)CO)[C@H](O[C@@H]2O[C@H](CO)[C@H](O)[C@H](O)[C@H]2O[C@@H]2O[C@@H](C)[C@H](O)[C@@H](O)[C@H]2O)[C@@H](O)[C@@H]1O. The van der Waals surface area contributed by atoms with Crippen molar-refractivity contribution in [1.29, 1.82) is 0 Å². The highest BCUT2D eigenvalue weighted by molar-refractivity contribution is 5.77. The lowest BCUT2D eigenvalue weighted by atomic mass is 9.33. The fourth-order valence-electron chi connectivity index (χ4n) is 15.4. The minimum atomic E-state index is -1.97. The molecule has 8 aliphatic rings. The molecule has 0 bridgehead atoms. The van der Waals surface area contributed by atoms with E-state index in [1.807, 2.05) is 13.8 Å². The molecule has 0 amide bonds. The molecule has 70 heavy (non-hydrogen) atoms. The molecule has 3 heterocycles. The third-order valence-electron chi connectivity index (χ3n) is 20.2. The highest BCUT2D eigenvalue weighted by atomic mass is 16.8. The van der Waals surface area contributed by atoms with Crippen molar-refractivity contribution in [3.05, 3.63) is 11.6 Å². The minimum Gasteiger partial charge on any atom is -0.469 e. The monoisotopic (exact) mass is 1000 g/mol. The second-order valence-corrected chi connectivity index (χ2v) is 23.7. The van der Waals surface area contributed by atoms with Crippen LogP contribution in [0.5, 0.6) is 0 Å². The number of ether oxygens (including phenoxy) is 8. The Labute approximate surface area is 409 Å². The van der Waals surface area contributed by atoms with E-state index in [0.29, 0.717) is 32.1 Å². The van der Waals surface area contributed by atoms with Gasteiger partial charge in [-0.1, -0.05) is 46.3 Å². The van der Waals surface area contributed by atoms with Crippen molar-refractivity contribution in [3.8, 4) is 0 Å². The first kappa shape index (κ1) is 54.3. The van der Waals surface area contributed by atoms with Crippen LogP contribution in [-0.4, -0.2) is 195 Å². The summed E-state index contributed by atoms with van der Waals surface area (Å²) in [6.45, 7) is 13.4. The van der Waals surface area contributed by atoms with Crippen molar-refractivity contribution in [2.75, 3.05) is 27.4 Å². The molecule has 0 aromatic heterocycles. The van der Waals surface area contributed by atoms with Crippen molar-refractivity contribution >= 4 is 11.9 Å². The molecule has 1 unspecified atom stereocenters. The molecule has 26 atom stereocenters. The average Bonchev–Trinajstić information content (AvgIpc) is 3.32. The molecule has 3 aliphatic heterocycles. The van der Waals surface area contributed by atoms with Crippen LogP contribution in [-0.2, 0) is 47.5 Å². The number of carbonyl (C=O) groups is 2. The van der Waals surface area contributed by atoms with Crippen LogP contribution in [0.4, 0.5) is 0 Å². The van der Waals surface area contributed by atoms with Gasteiger partial charge in [0.25, 0.3) is 0 Å². The summed E-state index contributed by atoms with van der Waals surface area (Å²) in [5.41, 5.74) is -1.66. The van der Waals surface area contributed by atoms with Crippen LogP contribution in [0, 0.1) is 50.2 Å². The van der Waals surface area contributed by atoms with Gasteiger partial charge in [-0.2, -0.15) is 0 Å². The van der Waals surface area contributed by atoms with Crippen molar-refractivity contribution < 1.29 is 98.5 Å². The number of aliphatic hydroxyl groups is 10. The van der Waals surface area contributed by atoms with Gasteiger partial charge in [0.15, 0.2) is 25.0 Å². The van der Waals surface area contributed by atoms with Crippen LogP contribution in [0.2, 0.25) is 0 Å². The molecule has 10 N–H and O–H groups in total. The largest absolute Gasteiger partial charge is 0.469 e. The first-order chi connectivity index (χ1) is 32.7. The molecule has 3 saturated heterocycles. The number of hydrogen-bond acceptors (Lipinski definition) is 20. The standard InChI is InChI=1S/C50H80O20/c1-22-30(54)32(56)36(60)41(65-22)69-38-33(57)31(55)25(20-51)66-42(38)70-39-35(59)34(58)37(40(61)63-8)68-43(39)67-29-13-14-47(4)26(48(29,5)21-52)12-15-50(7)27(47)11-10-23-24-18-45(2,44(62)64-9)19-28(53)46(24,3)16-17-49(23,50)6/h10,22,24-39,41-43,51-60H,11-21H2,1-9H3/t22-,24-,25+,26?,27+,28+,29-,30-,31-,32+,33-,34-,35-,36+,37-,38+,39+,41-,42-,43+,45-,46+,47-,48+,49+,50+/m0/s1. The molecule has 20 nitrogen and oxygen atoms in total. The molecular formula is C50H80O20. The van der Waals surface area contributed by atoms with E-state index in [2.05, 4.69) is 33.8 Å². The Kier molecular flexibility index (Phi) is 15.0. The third kappa shape index (κ3) is 8.25. The van der Waals surface area contributed by atoms with Gasteiger partial charge in [0.05, 0.1) is 51.2 Å². The number of aliphatic hydroxyl groups excluding tert-OH is 10. The Morgan fingerprint density at radius 3 is 1.93 bits per heavy atom. The van der Waals surface area contributed by atoms with Crippen LogP contribution in [0.25, 0.3) is 0 Å². The molecule has 0 spiro atoms. The molecular weight excluding hydrogens is 921 g/mol. The van der Waals surface area contributed by atoms with Gasteiger partial charge >= 0.3 is 11.9 Å². The number of allylic oxidation sites excluding steroid dienone is 2. The van der Waals surface area contributed by atoms with E-state index in [9.17, 15) is 60.7 Å². The summed E-state index contributed by atoms with van der Waals surface area (Å²) in [5.74, 6) is -1.32. The lowest BCUT2D eigenvalue weighted by Gasteiger charge is -2.71. The summed E-state index contributed by atoms with van der Waals surface area (Å²) in [4.78, 5) is 26.3. The molecule has 0 aromatic carbocycles. The molecule has 400 valence electrons. The number of hydrogen-bond donors (Lipinski definition) is 10. The number of carbonyl (C=O) groups excluding carboxylic acids is 2. The van der Waals surface area contributed by atoms with Crippen molar-refractivity contribution in [3.63, 3.8) is 0 Å². The van der Waals surface area contributed by atoms with E-state index < -0.39 is 133 Å². The fraction of sp³-hybridized carbons (Fsp3) is 0.920. The number of methoxy groups -OCH3 is 2. The molecule has 5 aliphatic carbocycles. The second-order valence-electron chi connectivity index (χ2n) is 23.7. The maximum atomic E-state index is 13.2. The van der Waals surface area contributed by atoms with Gasteiger partial charge in [-0.15, -0.1) is 0 Å². The van der Waals surface area contributed by atoms with Gasteiger partial charge in [-0.25, -0.2) is 4.79 Å². The highest BCUT2D eigenvalue weighted by Crippen LogP contribution is 2.76. The topological polar surface area (TPSA) is 310 Å². The Morgan fingerprint density at radius 1 is 0.657 bits per heavy atom. The normalized spacial score (nSPS) is 54.6. The fourth-order valence-corrected chi connectivity index (χ4v) is 15.4. The first-order valence-electron chi connectivity index (χ1n) is 25.2. The zero-order valence-electron chi connectivity index (χ0n) is 42.0.